The Bertz CT molecular complexity index is 1390. The molecule has 3 heterocycles. The van der Waals surface area contributed by atoms with Gasteiger partial charge in [0, 0.05) is 29.7 Å². The van der Waals surface area contributed by atoms with Crippen LogP contribution in [0.5, 0.6) is 0 Å². The van der Waals surface area contributed by atoms with Crippen molar-refractivity contribution in [1.82, 2.24) is 15.2 Å². The van der Waals surface area contributed by atoms with Gasteiger partial charge in [0.15, 0.2) is 10.2 Å². The van der Waals surface area contributed by atoms with Crippen LogP contribution in [-0.2, 0) is 4.79 Å². The van der Waals surface area contributed by atoms with E-state index in [2.05, 4.69) is 27.8 Å². The van der Waals surface area contributed by atoms with Crippen LogP contribution in [0, 0.1) is 13.8 Å². The molecule has 6 nitrogen and oxygen atoms in total. The maximum absolute atomic E-state index is 12.9. The van der Waals surface area contributed by atoms with Crippen molar-refractivity contribution in [2.24, 2.45) is 0 Å². The topological polar surface area (TPSA) is 70.4 Å². The number of carbonyl (C=O) groups excluding carboxylic acids is 1. The smallest absolute Gasteiger partial charge is 0.226 e. The summed E-state index contributed by atoms with van der Waals surface area (Å²) in [5, 5.41) is 7.84. The Kier molecular flexibility index (Phi) is 7.58. The predicted molar refractivity (Wildman–Crippen MR) is 151 cm³/mol. The van der Waals surface area contributed by atoms with Gasteiger partial charge in [0.05, 0.1) is 11.7 Å². The zero-order valence-corrected chi connectivity index (χ0v) is 22.3. The lowest BCUT2D eigenvalue weighted by molar-refractivity contribution is -0.116. The highest BCUT2D eigenvalue weighted by atomic mass is 32.2. The lowest BCUT2D eigenvalue weighted by Gasteiger charge is -2.25. The normalized spacial score (nSPS) is 17.0. The number of anilines is 1. The summed E-state index contributed by atoms with van der Waals surface area (Å²) in [5.74, 6) is 0.715. The molecule has 2 aromatic heterocycles. The number of pyridine rings is 1. The van der Waals surface area contributed by atoms with Gasteiger partial charge in [0.25, 0.3) is 0 Å². The molecule has 5 rings (SSSR count). The van der Waals surface area contributed by atoms with Crippen LogP contribution in [0.3, 0.4) is 0 Å². The van der Waals surface area contributed by atoms with E-state index in [1.807, 2.05) is 85.5 Å². The molecule has 2 N–H and O–H groups in total. The van der Waals surface area contributed by atoms with Gasteiger partial charge in [0.2, 0.25) is 5.91 Å². The molecule has 4 aromatic rings. The first-order chi connectivity index (χ1) is 18.0. The highest BCUT2D eigenvalue weighted by molar-refractivity contribution is 7.99. The minimum absolute atomic E-state index is 0.0590. The molecule has 37 heavy (non-hydrogen) atoms. The molecule has 0 bridgehead atoms. The Morgan fingerprint density at radius 2 is 1.89 bits per heavy atom. The fourth-order valence-corrected chi connectivity index (χ4v) is 5.54. The minimum Gasteiger partial charge on any atom is -0.452 e. The number of amides is 1. The summed E-state index contributed by atoms with van der Waals surface area (Å²) in [7, 11) is 0. The molecule has 0 unspecified atom stereocenters. The molecule has 0 aliphatic carbocycles. The summed E-state index contributed by atoms with van der Waals surface area (Å²) < 4.78 is 6.33. The zero-order valence-electron chi connectivity index (χ0n) is 20.7. The number of hydrogen-bond donors (Lipinski definition) is 2. The van der Waals surface area contributed by atoms with Crippen molar-refractivity contribution in [3.63, 3.8) is 0 Å². The number of nitrogens with zero attached hydrogens (tertiary/aromatic N) is 2. The Morgan fingerprint density at radius 3 is 2.68 bits per heavy atom. The average molecular weight is 529 g/mol. The van der Waals surface area contributed by atoms with E-state index < -0.39 is 0 Å². The largest absolute Gasteiger partial charge is 0.452 e. The van der Waals surface area contributed by atoms with Gasteiger partial charge in [-0.15, -0.1) is 0 Å². The molecule has 1 aliphatic rings. The van der Waals surface area contributed by atoms with Crippen molar-refractivity contribution in [2.75, 3.05) is 11.9 Å². The predicted octanol–water partition coefficient (Wildman–Crippen LogP) is 6.44. The molecule has 1 aliphatic heterocycles. The van der Waals surface area contributed by atoms with Gasteiger partial charge in [-0.25, -0.2) is 0 Å². The number of furan rings is 1. The van der Waals surface area contributed by atoms with Gasteiger partial charge < -0.3 is 20.0 Å². The Balaban J connectivity index is 1.36. The molecular weight excluding hydrogens is 500 g/mol. The first-order valence-electron chi connectivity index (χ1n) is 12.2. The number of carbonyl (C=O) groups is 1. The van der Waals surface area contributed by atoms with Crippen LogP contribution in [-0.4, -0.2) is 27.4 Å². The van der Waals surface area contributed by atoms with Gasteiger partial charge in [-0.2, -0.15) is 0 Å². The summed E-state index contributed by atoms with van der Waals surface area (Å²) >= 11 is 7.30. The number of aromatic nitrogens is 1. The van der Waals surface area contributed by atoms with E-state index in [9.17, 15) is 4.79 Å². The highest BCUT2D eigenvalue weighted by Crippen LogP contribution is 2.41. The second kappa shape index (κ2) is 11.2. The summed E-state index contributed by atoms with van der Waals surface area (Å²) in [4.78, 5) is 20.6. The number of thiocarbonyl (C=S) groups is 1. The molecule has 8 heteroatoms. The van der Waals surface area contributed by atoms with E-state index in [1.54, 1.807) is 18.0 Å². The summed E-state index contributed by atoms with van der Waals surface area (Å²) in [6.07, 6.45) is 2.06. The van der Waals surface area contributed by atoms with E-state index in [1.165, 1.54) is 0 Å². The van der Waals surface area contributed by atoms with Crippen LogP contribution in [0.2, 0.25) is 0 Å². The van der Waals surface area contributed by atoms with Crippen molar-refractivity contribution in [3.05, 3.63) is 108 Å². The highest BCUT2D eigenvalue weighted by Gasteiger charge is 2.41. The van der Waals surface area contributed by atoms with E-state index >= 15 is 0 Å². The van der Waals surface area contributed by atoms with E-state index in [4.69, 9.17) is 16.6 Å². The lowest BCUT2D eigenvalue weighted by Crippen LogP contribution is -2.32. The Labute approximate surface area is 226 Å². The van der Waals surface area contributed by atoms with Crippen LogP contribution < -0.4 is 10.6 Å². The third-order valence-electron chi connectivity index (χ3n) is 6.30. The molecule has 2 aromatic carbocycles. The van der Waals surface area contributed by atoms with Crippen molar-refractivity contribution in [1.29, 1.82) is 0 Å². The van der Waals surface area contributed by atoms with Crippen molar-refractivity contribution in [3.8, 4) is 0 Å². The van der Waals surface area contributed by atoms with Crippen LogP contribution in [0.1, 0.15) is 41.1 Å². The molecule has 0 radical (unpaired) electrons. The molecule has 0 spiro atoms. The fraction of sp³-hybridized carbons (Fsp3) is 0.207. The SMILES string of the molecule is Cc1ccc(C)c(NC(=O)CCN2C(=S)N[C@H](c3ccccn3)[C@H]2c2ccc(Sc3ccccc3)o2)c1. The average Bonchev–Trinajstić information content (AvgIpc) is 3.49. The quantitative estimate of drug-likeness (QED) is 0.255. The van der Waals surface area contributed by atoms with Gasteiger partial charge in [-0.3, -0.25) is 9.78 Å². The molecule has 0 saturated carbocycles. The van der Waals surface area contributed by atoms with Crippen molar-refractivity contribution >= 4 is 40.7 Å². The lowest BCUT2D eigenvalue weighted by atomic mass is 10.0. The third-order valence-corrected chi connectivity index (χ3v) is 7.58. The number of aryl methyl sites for hydroxylation is 2. The molecular formula is C29H28N4O2S2. The minimum atomic E-state index is -0.235. The van der Waals surface area contributed by atoms with E-state index in [0.29, 0.717) is 11.7 Å². The van der Waals surface area contributed by atoms with Crippen molar-refractivity contribution < 1.29 is 9.21 Å². The van der Waals surface area contributed by atoms with Gasteiger partial charge in [0.1, 0.15) is 11.8 Å². The van der Waals surface area contributed by atoms with Crippen LogP contribution >= 0.6 is 24.0 Å². The molecule has 1 fully saturated rings. The number of nitrogens with one attached hydrogen (secondary N) is 2. The van der Waals surface area contributed by atoms with E-state index in [-0.39, 0.29) is 24.4 Å². The summed E-state index contributed by atoms with van der Waals surface area (Å²) in [6.45, 7) is 4.45. The fourth-order valence-electron chi connectivity index (χ4n) is 4.41. The van der Waals surface area contributed by atoms with Crippen LogP contribution in [0.15, 0.2) is 99.5 Å². The van der Waals surface area contributed by atoms with Gasteiger partial charge >= 0.3 is 0 Å². The van der Waals surface area contributed by atoms with Crippen LogP contribution in [0.25, 0.3) is 0 Å². The van der Waals surface area contributed by atoms with Crippen molar-refractivity contribution in [2.45, 2.75) is 42.3 Å². The summed E-state index contributed by atoms with van der Waals surface area (Å²) in [5.41, 5.74) is 3.84. The number of rotatable bonds is 8. The molecule has 1 saturated heterocycles. The second-order valence-electron chi connectivity index (χ2n) is 9.01. The van der Waals surface area contributed by atoms with E-state index in [0.717, 1.165) is 38.3 Å². The Morgan fingerprint density at radius 1 is 1.08 bits per heavy atom. The first-order valence-corrected chi connectivity index (χ1v) is 13.4. The maximum Gasteiger partial charge on any atom is 0.226 e. The van der Waals surface area contributed by atoms with Gasteiger partial charge in [-0.05, 0) is 79.7 Å². The Hall–Kier alpha value is -3.62. The summed E-state index contributed by atoms with van der Waals surface area (Å²) in [6, 6.07) is 25.5. The molecule has 188 valence electrons. The standard InChI is InChI=1S/C29H28N4O2S2/c1-19-11-12-20(2)23(18-19)31-25(34)15-17-33-28(27(32-29(33)36)22-10-6-7-16-30-22)24-13-14-26(35-24)37-21-8-4-3-5-9-21/h3-14,16,18,27-28H,15,17H2,1-2H3,(H,31,34)(H,32,36)/t27-,28-/m1/s1. The van der Waals surface area contributed by atoms with Gasteiger partial charge in [-0.1, -0.05) is 48.2 Å². The number of hydrogen-bond acceptors (Lipinski definition) is 5. The molecule has 2 atom stereocenters. The van der Waals surface area contributed by atoms with Crippen LogP contribution in [0.4, 0.5) is 5.69 Å². The number of benzene rings is 2. The molecule has 1 amide bonds. The third kappa shape index (κ3) is 5.87. The monoisotopic (exact) mass is 528 g/mol. The maximum atomic E-state index is 12.9. The second-order valence-corrected chi connectivity index (χ2v) is 10.5. The first kappa shape index (κ1) is 25.0. The zero-order chi connectivity index (χ0) is 25.8.